The average Bonchev–Trinajstić information content (AvgIpc) is 2.84. The Morgan fingerprint density at radius 3 is 2.47 bits per heavy atom. The van der Waals surface area contributed by atoms with Crippen molar-refractivity contribution in [3.8, 4) is 12.1 Å². The summed E-state index contributed by atoms with van der Waals surface area (Å²) in [6, 6.07) is 4.53. The zero-order chi connectivity index (χ0) is 10.8. The van der Waals surface area contributed by atoms with Crippen LogP contribution in [0, 0.1) is 52.3 Å². The van der Waals surface area contributed by atoms with Crippen molar-refractivity contribution in [1.29, 1.82) is 10.5 Å². The van der Waals surface area contributed by atoms with Crippen molar-refractivity contribution in [1.82, 2.24) is 0 Å². The third kappa shape index (κ3) is 1.85. The SMILES string of the molecule is N#CC(CO)CC1CC2CC1CC2C#N. The van der Waals surface area contributed by atoms with Gasteiger partial charge >= 0.3 is 0 Å². The Bertz CT molecular complexity index is 315. The zero-order valence-electron chi connectivity index (χ0n) is 8.76. The van der Waals surface area contributed by atoms with E-state index in [-0.39, 0.29) is 18.4 Å². The number of aliphatic hydroxyl groups excluding tert-OH is 1. The van der Waals surface area contributed by atoms with Gasteiger partial charge in [-0.1, -0.05) is 0 Å². The first kappa shape index (κ1) is 10.5. The molecule has 0 spiro atoms. The molecule has 3 heteroatoms. The quantitative estimate of drug-likeness (QED) is 0.760. The molecule has 2 fully saturated rings. The third-order valence-electron chi connectivity index (χ3n) is 4.16. The summed E-state index contributed by atoms with van der Waals surface area (Å²) >= 11 is 0. The highest BCUT2D eigenvalue weighted by Crippen LogP contribution is 2.53. The summed E-state index contributed by atoms with van der Waals surface area (Å²) in [5.74, 6) is 1.86. The van der Waals surface area contributed by atoms with Gasteiger partial charge in [0.25, 0.3) is 0 Å². The molecule has 5 unspecified atom stereocenters. The van der Waals surface area contributed by atoms with Gasteiger partial charge < -0.3 is 5.11 Å². The number of hydrogen-bond donors (Lipinski definition) is 1. The van der Waals surface area contributed by atoms with Crippen molar-refractivity contribution in [3.63, 3.8) is 0 Å². The molecule has 0 radical (unpaired) electrons. The van der Waals surface area contributed by atoms with Crippen LogP contribution in [0.15, 0.2) is 0 Å². The number of nitrogens with zero attached hydrogens (tertiary/aromatic N) is 2. The van der Waals surface area contributed by atoms with Crippen LogP contribution in [0.5, 0.6) is 0 Å². The van der Waals surface area contributed by atoms with Gasteiger partial charge in [-0.3, -0.25) is 0 Å². The van der Waals surface area contributed by atoms with E-state index in [1.807, 2.05) is 0 Å². The van der Waals surface area contributed by atoms with Crippen LogP contribution < -0.4 is 0 Å². The molecule has 1 N–H and O–H groups in total. The van der Waals surface area contributed by atoms with Gasteiger partial charge in [0.05, 0.1) is 24.7 Å². The predicted molar refractivity (Wildman–Crippen MR) is 54.2 cm³/mol. The van der Waals surface area contributed by atoms with E-state index >= 15 is 0 Å². The van der Waals surface area contributed by atoms with Gasteiger partial charge in [0, 0.05) is 5.92 Å². The van der Waals surface area contributed by atoms with Gasteiger partial charge in [-0.05, 0) is 43.4 Å². The van der Waals surface area contributed by atoms with Gasteiger partial charge in [-0.15, -0.1) is 0 Å². The molecule has 2 rings (SSSR count). The maximum Gasteiger partial charge on any atom is 0.0697 e. The molecular formula is C12H16N2O. The Morgan fingerprint density at radius 2 is 2.00 bits per heavy atom. The number of nitriles is 2. The average molecular weight is 204 g/mol. The van der Waals surface area contributed by atoms with E-state index in [1.165, 1.54) is 6.42 Å². The fraction of sp³-hybridized carbons (Fsp3) is 0.833. The van der Waals surface area contributed by atoms with E-state index in [4.69, 9.17) is 15.6 Å². The first-order valence-electron chi connectivity index (χ1n) is 5.68. The Kier molecular flexibility index (Phi) is 2.93. The number of aliphatic hydroxyl groups is 1. The lowest BCUT2D eigenvalue weighted by Crippen LogP contribution is -2.20. The molecular weight excluding hydrogens is 188 g/mol. The monoisotopic (exact) mass is 204 g/mol. The molecule has 3 nitrogen and oxygen atoms in total. The van der Waals surface area contributed by atoms with Crippen LogP contribution in [0.2, 0.25) is 0 Å². The minimum atomic E-state index is -0.199. The second-order valence-electron chi connectivity index (χ2n) is 4.97. The summed E-state index contributed by atoms with van der Waals surface area (Å²) in [7, 11) is 0. The predicted octanol–water partition coefficient (Wildman–Crippen LogP) is 1.69. The van der Waals surface area contributed by atoms with Crippen molar-refractivity contribution in [3.05, 3.63) is 0 Å². The Balaban J connectivity index is 1.90. The lowest BCUT2D eigenvalue weighted by molar-refractivity contribution is 0.201. The Labute approximate surface area is 90.3 Å². The standard InChI is InChI=1S/C12H16N2O/c13-5-8(7-15)1-9-2-11-3-10(9)4-12(11)6-14/h8-12,15H,1-4,7H2. The Morgan fingerprint density at radius 1 is 1.20 bits per heavy atom. The molecule has 2 aliphatic carbocycles. The van der Waals surface area contributed by atoms with Crippen molar-refractivity contribution < 1.29 is 5.11 Å². The van der Waals surface area contributed by atoms with Crippen molar-refractivity contribution >= 4 is 0 Å². The fourth-order valence-corrected chi connectivity index (χ4v) is 3.37. The third-order valence-corrected chi connectivity index (χ3v) is 4.16. The van der Waals surface area contributed by atoms with Crippen LogP contribution >= 0.6 is 0 Å². The topological polar surface area (TPSA) is 67.8 Å². The highest BCUT2D eigenvalue weighted by atomic mass is 16.3. The highest BCUT2D eigenvalue weighted by Gasteiger charge is 2.46. The van der Waals surface area contributed by atoms with E-state index in [0.29, 0.717) is 17.8 Å². The molecule has 15 heavy (non-hydrogen) atoms. The largest absolute Gasteiger partial charge is 0.395 e. The summed E-state index contributed by atoms with van der Waals surface area (Å²) in [5, 5.41) is 26.7. The van der Waals surface area contributed by atoms with Gasteiger partial charge in [-0.25, -0.2) is 0 Å². The van der Waals surface area contributed by atoms with Crippen molar-refractivity contribution in [2.45, 2.75) is 25.7 Å². The molecule has 2 saturated carbocycles. The second kappa shape index (κ2) is 4.21. The molecule has 0 aromatic rings. The van der Waals surface area contributed by atoms with Crippen molar-refractivity contribution in [2.24, 2.45) is 29.6 Å². The minimum absolute atomic E-state index is 0.0218. The van der Waals surface area contributed by atoms with Crippen LogP contribution in [-0.4, -0.2) is 11.7 Å². The first-order valence-corrected chi connectivity index (χ1v) is 5.68. The molecule has 80 valence electrons. The Hall–Kier alpha value is -1.06. The molecule has 0 aromatic carbocycles. The normalized spacial score (nSPS) is 39.7. The van der Waals surface area contributed by atoms with Crippen LogP contribution in [0.25, 0.3) is 0 Å². The van der Waals surface area contributed by atoms with Crippen LogP contribution in [0.4, 0.5) is 0 Å². The van der Waals surface area contributed by atoms with Gasteiger partial charge in [0.1, 0.15) is 0 Å². The van der Waals surface area contributed by atoms with E-state index in [9.17, 15) is 0 Å². The van der Waals surface area contributed by atoms with Crippen LogP contribution in [-0.2, 0) is 0 Å². The maximum atomic E-state index is 8.98. The number of hydrogen-bond acceptors (Lipinski definition) is 3. The summed E-state index contributed by atoms with van der Waals surface area (Å²) in [6.07, 6.45) is 4.12. The summed E-state index contributed by atoms with van der Waals surface area (Å²) < 4.78 is 0. The molecule has 0 saturated heterocycles. The second-order valence-corrected chi connectivity index (χ2v) is 4.97. The molecule has 2 bridgehead atoms. The maximum absolute atomic E-state index is 8.98. The molecule has 5 atom stereocenters. The molecule has 0 heterocycles. The smallest absolute Gasteiger partial charge is 0.0697 e. The lowest BCUT2D eigenvalue weighted by Gasteiger charge is -2.25. The fourth-order valence-electron chi connectivity index (χ4n) is 3.37. The van der Waals surface area contributed by atoms with Gasteiger partial charge in [0.15, 0.2) is 0 Å². The van der Waals surface area contributed by atoms with Crippen molar-refractivity contribution in [2.75, 3.05) is 6.61 Å². The molecule has 0 amide bonds. The summed E-state index contributed by atoms with van der Waals surface area (Å²) in [6.45, 7) is -0.0218. The highest BCUT2D eigenvalue weighted by molar-refractivity contribution is 5.04. The summed E-state index contributed by atoms with van der Waals surface area (Å²) in [4.78, 5) is 0. The number of fused-ring (bicyclic) bond motifs is 2. The summed E-state index contributed by atoms with van der Waals surface area (Å²) in [5.41, 5.74) is 0. The van der Waals surface area contributed by atoms with Crippen LogP contribution in [0.1, 0.15) is 25.7 Å². The number of rotatable bonds is 3. The first-order chi connectivity index (χ1) is 7.28. The van der Waals surface area contributed by atoms with E-state index in [1.54, 1.807) is 0 Å². The molecule has 0 aliphatic heterocycles. The van der Waals surface area contributed by atoms with Crippen LogP contribution in [0.3, 0.4) is 0 Å². The van der Waals surface area contributed by atoms with Gasteiger partial charge in [-0.2, -0.15) is 10.5 Å². The molecule has 0 aromatic heterocycles. The zero-order valence-corrected chi connectivity index (χ0v) is 8.76. The van der Waals surface area contributed by atoms with E-state index < -0.39 is 0 Å². The van der Waals surface area contributed by atoms with E-state index in [0.717, 1.165) is 19.3 Å². The van der Waals surface area contributed by atoms with E-state index in [2.05, 4.69) is 12.1 Å². The minimum Gasteiger partial charge on any atom is -0.395 e. The lowest BCUT2D eigenvalue weighted by atomic mass is 9.79. The van der Waals surface area contributed by atoms with Gasteiger partial charge in [0.2, 0.25) is 0 Å². The molecule has 2 aliphatic rings.